The van der Waals surface area contributed by atoms with Gasteiger partial charge in [-0.15, -0.1) is 0 Å². The summed E-state index contributed by atoms with van der Waals surface area (Å²) in [7, 11) is 0. The molecule has 0 saturated carbocycles. The number of aromatic hydroxyl groups is 1. The predicted octanol–water partition coefficient (Wildman–Crippen LogP) is 0.0235. The first-order valence-corrected chi connectivity index (χ1v) is 13.0. The zero-order valence-electron chi connectivity index (χ0n) is 21.7. The molecule has 8 N–H and O–H groups in total. The molecule has 0 radical (unpaired) electrons. The highest BCUT2D eigenvalue weighted by Gasteiger charge is 2.38. The zero-order chi connectivity index (χ0) is 28.8. The number of nitrogens with zero attached hydrogens (tertiary/aromatic N) is 1. The van der Waals surface area contributed by atoms with Gasteiger partial charge in [-0.05, 0) is 42.2 Å². The Morgan fingerprint density at radius 3 is 2.45 bits per heavy atom. The maximum absolute atomic E-state index is 13.5. The Morgan fingerprint density at radius 1 is 1.02 bits per heavy atom. The van der Waals surface area contributed by atoms with Crippen LogP contribution in [-0.2, 0) is 32.0 Å². The van der Waals surface area contributed by atoms with Gasteiger partial charge >= 0.3 is 5.97 Å². The second kappa shape index (κ2) is 12.6. The van der Waals surface area contributed by atoms with Crippen molar-refractivity contribution >= 4 is 34.6 Å². The van der Waals surface area contributed by atoms with Crippen LogP contribution in [0.4, 0.5) is 0 Å². The first kappa shape index (κ1) is 28.6. The van der Waals surface area contributed by atoms with E-state index in [1.54, 1.807) is 18.3 Å². The van der Waals surface area contributed by atoms with Gasteiger partial charge in [0.1, 0.15) is 29.9 Å². The number of hydrogen-bond donors (Lipinski definition) is 7. The molecular weight excluding hydrogens is 518 g/mol. The third-order valence-electron chi connectivity index (χ3n) is 7.08. The molecule has 1 aromatic heterocycles. The number of phenolic OH excluding ortho intramolecular Hbond substituents is 1. The van der Waals surface area contributed by atoms with E-state index < -0.39 is 54.5 Å². The van der Waals surface area contributed by atoms with Crippen molar-refractivity contribution in [3.8, 4) is 5.75 Å². The lowest BCUT2D eigenvalue weighted by Crippen LogP contribution is -2.57. The number of likely N-dealkylation sites (tertiary alicyclic amines) is 1. The Bertz CT molecular complexity index is 1370. The van der Waals surface area contributed by atoms with Gasteiger partial charge < -0.3 is 41.6 Å². The van der Waals surface area contributed by atoms with Crippen LogP contribution in [0, 0.1) is 0 Å². The molecule has 4 rings (SSSR count). The molecule has 2 heterocycles. The number of carbonyl (C=O) groups is 4. The van der Waals surface area contributed by atoms with Gasteiger partial charge in [-0.2, -0.15) is 0 Å². The average Bonchev–Trinajstić information content (AvgIpc) is 3.60. The van der Waals surface area contributed by atoms with E-state index in [-0.39, 0.29) is 25.1 Å². The Hall–Kier alpha value is -4.42. The molecule has 12 heteroatoms. The van der Waals surface area contributed by atoms with E-state index in [1.807, 2.05) is 24.3 Å². The van der Waals surface area contributed by atoms with Crippen LogP contribution in [0.5, 0.6) is 5.75 Å². The molecule has 12 nitrogen and oxygen atoms in total. The van der Waals surface area contributed by atoms with E-state index in [9.17, 15) is 34.5 Å². The number of aliphatic hydroxyl groups excluding tert-OH is 1. The first-order valence-electron chi connectivity index (χ1n) is 13.0. The molecule has 0 aliphatic carbocycles. The van der Waals surface area contributed by atoms with Crippen LogP contribution < -0.4 is 16.4 Å². The summed E-state index contributed by atoms with van der Waals surface area (Å²) in [6, 6.07) is 8.93. The standard InChI is InChI=1S/C28H33N5O7/c29-20(15-34)27(38)33-11-3-6-24(33)26(37)31-22(13-17-14-30-21-5-2-1-4-19(17)21)25(36)32-23(28(39)40)12-16-7-9-18(35)10-8-16/h1-2,4-5,7-10,14,20,22-24,30,34-35H,3,6,11-13,15,29H2,(H,31,37)(H,32,36)(H,39,40). The highest BCUT2D eigenvalue weighted by molar-refractivity contribution is 5.95. The van der Waals surface area contributed by atoms with E-state index in [1.165, 1.54) is 17.0 Å². The lowest BCUT2D eigenvalue weighted by atomic mass is 10.0. The van der Waals surface area contributed by atoms with Crippen molar-refractivity contribution in [3.05, 3.63) is 65.9 Å². The third-order valence-corrected chi connectivity index (χ3v) is 7.08. The number of aromatic nitrogens is 1. The van der Waals surface area contributed by atoms with Crippen LogP contribution in [0.25, 0.3) is 10.9 Å². The molecule has 3 aromatic rings. The van der Waals surface area contributed by atoms with Crippen LogP contribution in [0.1, 0.15) is 24.0 Å². The van der Waals surface area contributed by atoms with Crippen molar-refractivity contribution in [2.45, 2.75) is 49.9 Å². The highest BCUT2D eigenvalue weighted by Crippen LogP contribution is 2.21. The number of nitrogens with one attached hydrogen (secondary N) is 3. The fourth-order valence-electron chi connectivity index (χ4n) is 4.93. The lowest BCUT2D eigenvalue weighted by molar-refractivity contribution is -0.143. The highest BCUT2D eigenvalue weighted by atomic mass is 16.4. The van der Waals surface area contributed by atoms with Gasteiger partial charge in [0.05, 0.1) is 6.61 Å². The minimum atomic E-state index is -1.30. The van der Waals surface area contributed by atoms with Crippen molar-refractivity contribution < 1.29 is 34.5 Å². The molecule has 4 unspecified atom stereocenters. The largest absolute Gasteiger partial charge is 0.508 e. The molecular formula is C28H33N5O7. The number of amides is 3. The number of para-hydroxylation sites is 1. The summed E-state index contributed by atoms with van der Waals surface area (Å²) in [6.07, 6.45) is 2.65. The van der Waals surface area contributed by atoms with Gasteiger partial charge in [-0.3, -0.25) is 14.4 Å². The fourth-order valence-corrected chi connectivity index (χ4v) is 4.93. The zero-order valence-corrected chi connectivity index (χ0v) is 21.7. The van der Waals surface area contributed by atoms with Crippen LogP contribution in [0.3, 0.4) is 0 Å². The van der Waals surface area contributed by atoms with Gasteiger partial charge in [0.25, 0.3) is 0 Å². The topological polar surface area (TPSA) is 198 Å². The van der Waals surface area contributed by atoms with Crippen molar-refractivity contribution in [1.29, 1.82) is 0 Å². The molecule has 212 valence electrons. The van der Waals surface area contributed by atoms with Crippen molar-refractivity contribution in [2.75, 3.05) is 13.2 Å². The molecule has 1 aliphatic heterocycles. The van der Waals surface area contributed by atoms with Gasteiger partial charge in [0, 0.05) is 36.5 Å². The maximum atomic E-state index is 13.5. The number of carboxylic acids is 1. The summed E-state index contributed by atoms with van der Waals surface area (Å²) in [4.78, 5) is 56.0. The summed E-state index contributed by atoms with van der Waals surface area (Å²) in [5.74, 6) is -3.06. The van der Waals surface area contributed by atoms with Gasteiger partial charge in [-0.1, -0.05) is 30.3 Å². The second-order valence-corrected chi connectivity index (χ2v) is 9.87. The molecule has 40 heavy (non-hydrogen) atoms. The number of aliphatic hydroxyl groups is 1. The van der Waals surface area contributed by atoms with E-state index in [0.717, 1.165) is 16.5 Å². The summed E-state index contributed by atoms with van der Waals surface area (Å²) < 4.78 is 0. The molecule has 1 fully saturated rings. The number of phenols is 1. The normalized spacial score (nSPS) is 17.2. The number of benzene rings is 2. The predicted molar refractivity (Wildman–Crippen MR) is 145 cm³/mol. The second-order valence-electron chi connectivity index (χ2n) is 9.87. The van der Waals surface area contributed by atoms with Crippen molar-refractivity contribution in [3.63, 3.8) is 0 Å². The van der Waals surface area contributed by atoms with Crippen LogP contribution in [0.2, 0.25) is 0 Å². The average molecular weight is 552 g/mol. The number of carboxylic acid groups (broad SMARTS) is 1. The monoisotopic (exact) mass is 551 g/mol. The lowest BCUT2D eigenvalue weighted by Gasteiger charge is -2.28. The molecule has 2 aromatic carbocycles. The summed E-state index contributed by atoms with van der Waals surface area (Å²) in [5.41, 5.74) is 7.86. The fraction of sp³-hybridized carbons (Fsp3) is 0.357. The number of fused-ring (bicyclic) bond motifs is 1. The Labute approximate surface area is 230 Å². The summed E-state index contributed by atoms with van der Waals surface area (Å²) in [6.45, 7) is -0.273. The molecule has 0 bridgehead atoms. The molecule has 4 atom stereocenters. The SMILES string of the molecule is NC(CO)C(=O)N1CCCC1C(=O)NC(Cc1c[nH]c2ccccc12)C(=O)NC(Cc1ccc(O)cc1)C(=O)O. The quantitative estimate of drug-likeness (QED) is 0.173. The van der Waals surface area contributed by atoms with Gasteiger partial charge in [0.15, 0.2) is 0 Å². The Morgan fingerprint density at radius 2 is 1.75 bits per heavy atom. The van der Waals surface area contributed by atoms with E-state index in [2.05, 4.69) is 15.6 Å². The minimum absolute atomic E-state index is 0.0283. The minimum Gasteiger partial charge on any atom is -0.508 e. The number of carbonyl (C=O) groups excluding carboxylic acids is 3. The number of H-pyrrole nitrogens is 1. The number of nitrogens with two attached hydrogens (primary N) is 1. The van der Waals surface area contributed by atoms with Crippen LogP contribution in [0.15, 0.2) is 54.7 Å². The molecule has 1 aliphatic rings. The van der Waals surface area contributed by atoms with Crippen molar-refractivity contribution in [2.24, 2.45) is 5.73 Å². The third kappa shape index (κ3) is 6.58. The number of aromatic amines is 1. The van der Waals surface area contributed by atoms with E-state index >= 15 is 0 Å². The molecule has 0 spiro atoms. The molecule has 1 saturated heterocycles. The maximum Gasteiger partial charge on any atom is 0.326 e. The summed E-state index contributed by atoms with van der Waals surface area (Å²) >= 11 is 0. The van der Waals surface area contributed by atoms with Crippen LogP contribution in [-0.4, -0.2) is 86.2 Å². The van der Waals surface area contributed by atoms with E-state index in [4.69, 9.17) is 5.73 Å². The van der Waals surface area contributed by atoms with Gasteiger partial charge in [0.2, 0.25) is 17.7 Å². The van der Waals surface area contributed by atoms with Crippen molar-refractivity contribution in [1.82, 2.24) is 20.5 Å². The number of rotatable bonds is 11. The summed E-state index contributed by atoms with van der Waals surface area (Å²) in [5, 5.41) is 34.7. The Balaban J connectivity index is 1.56. The van der Waals surface area contributed by atoms with E-state index in [0.29, 0.717) is 18.4 Å². The number of aliphatic carboxylic acids is 1. The van der Waals surface area contributed by atoms with Gasteiger partial charge in [-0.25, -0.2) is 4.79 Å². The first-order chi connectivity index (χ1) is 19.2. The Kier molecular flexibility index (Phi) is 9.02. The molecule has 3 amide bonds. The van der Waals surface area contributed by atoms with Crippen LogP contribution >= 0.6 is 0 Å². The smallest absolute Gasteiger partial charge is 0.326 e. The number of hydrogen-bond acceptors (Lipinski definition) is 7.